The minimum absolute atomic E-state index is 0.585. The number of anilines is 1. The molecule has 0 saturated heterocycles. The molecule has 32 heavy (non-hydrogen) atoms. The molecule has 1 unspecified atom stereocenters. The van der Waals surface area contributed by atoms with Gasteiger partial charge in [-0.1, -0.05) is 31.5 Å². The van der Waals surface area contributed by atoms with Crippen LogP contribution in [0.3, 0.4) is 0 Å². The summed E-state index contributed by atoms with van der Waals surface area (Å²) < 4.78 is 11.0. The maximum absolute atomic E-state index is 5.57. The van der Waals surface area contributed by atoms with Crippen molar-refractivity contribution in [2.24, 2.45) is 4.99 Å². The highest BCUT2D eigenvalue weighted by Crippen LogP contribution is 2.42. The van der Waals surface area contributed by atoms with Crippen molar-refractivity contribution < 1.29 is 9.47 Å². The number of rotatable bonds is 8. The van der Waals surface area contributed by atoms with Gasteiger partial charge in [-0.05, 0) is 68.2 Å². The van der Waals surface area contributed by atoms with Gasteiger partial charge in [0.25, 0.3) is 0 Å². The molecule has 1 atom stereocenters. The predicted molar refractivity (Wildman–Crippen MR) is 131 cm³/mol. The standard InChI is InChI=1S/C26H32N4O2/c1-6-7-8-19-9-12-21(13-10-19)28-26(3)24(25-27-18(2)15-16-30(25)29-26)20-11-14-22(31-4)23(17-20)32-5/h9-17,28-29H,6-8H2,1-5H3. The zero-order valence-electron chi connectivity index (χ0n) is 19.5. The van der Waals surface area contributed by atoms with E-state index >= 15 is 0 Å². The molecule has 2 aliphatic rings. The summed E-state index contributed by atoms with van der Waals surface area (Å²) in [5.41, 5.74) is 8.41. The molecule has 0 bridgehead atoms. The van der Waals surface area contributed by atoms with Crippen molar-refractivity contribution in [1.29, 1.82) is 0 Å². The van der Waals surface area contributed by atoms with Crippen LogP contribution in [0.25, 0.3) is 5.57 Å². The van der Waals surface area contributed by atoms with Gasteiger partial charge in [-0.2, -0.15) is 5.43 Å². The molecular formula is C26H32N4O2. The van der Waals surface area contributed by atoms with Crippen molar-refractivity contribution in [3.05, 3.63) is 71.7 Å². The van der Waals surface area contributed by atoms with Gasteiger partial charge in [0.1, 0.15) is 5.66 Å². The molecule has 2 heterocycles. The van der Waals surface area contributed by atoms with E-state index in [9.17, 15) is 0 Å². The Labute approximate surface area is 190 Å². The number of methoxy groups -OCH3 is 2. The average molecular weight is 433 g/mol. The molecule has 2 aromatic rings. The zero-order valence-corrected chi connectivity index (χ0v) is 19.5. The fourth-order valence-electron chi connectivity index (χ4n) is 4.22. The Morgan fingerprint density at radius 2 is 1.81 bits per heavy atom. The second-order valence-electron chi connectivity index (χ2n) is 8.37. The Morgan fingerprint density at radius 1 is 1.06 bits per heavy atom. The number of unbranched alkanes of at least 4 members (excludes halogenated alkanes) is 1. The summed E-state index contributed by atoms with van der Waals surface area (Å²) in [4.78, 5) is 4.85. The van der Waals surface area contributed by atoms with Gasteiger partial charge >= 0.3 is 0 Å². The fourth-order valence-corrected chi connectivity index (χ4v) is 4.22. The number of aliphatic imine (C=N–C) groups is 1. The minimum Gasteiger partial charge on any atom is -0.493 e. The van der Waals surface area contributed by atoms with E-state index in [1.54, 1.807) is 14.2 Å². The monoisotopic (exact) mass is 432 g/mol. The van der Waals surface area contributed by atoms with Gasteiger partial charge < -0.3 is 14.8 Å². The molecular weight excluding hydrogens is 400 g/mol. The number of hydrogen-bond acceptors (Lipinski definition) is 6. The van der Waals surface area contributed by atoms with E-state index in [0.717, 1.165) is 34.8 Å². The van der Waals surface area contributed by atoms with Crippen molar-refractivity contribution in [2.75, 3.05) is 19.5 Å². The maximum atomic E-state index is 5.57. The summed E-state index contributed by atoms with van der Waals surface area (Å²) in [6.45, 7) is 6.36. The summed E-state index contributed by atoms with van der Waals surface area (Å²) in [6.07, 6.45) is 7.53. The first-order valence-corrected chi connectivity index (χ1v) is 11.1. The summed E-state index contributed by atoms with van der Waals surface area (Å²) >= 11 is 0. The first kappa shape index (κ1) is 22.0. The number of hydrazine groups is 1. The lowest BCUT2D eigenvalue weighted by molar-refractivity contribution is 0.300. The van der Waals surface area contributed by atoms with E-state index in [2.05, 4.69) is 48.9 Å². The van der Waals surface area contributed by atoms with Gasteiger partial charge in [-0.25, -0.2) is 4.99 Å². The number of nitrogens with one attached hydrogen (secondary N) is 2. The van der Waals surface area contributed by atoms with Crippen LogP contribution in [0.2, 0.25) is 0 Å². The van der Waals surface area contributed by atoms with Gasteiger partial charge in [-0.15, -0.1) is 0 Å². The molecule has 2 aliphatic heterocycles. The molecule has 0 spiro atoms. The lowest BCUT2D eigenvalue weighted by Crippen LogP contribution is -2.50. The topological polar surface area (TPSA) is 58.1 Å². The average Bonchev–Trinajstić information content (AvgIpc) is 3.08. The largest absolute Gasteiger partial charge is 0.493 e. The summed E-state index contributed by atoms with van der Waals surface area (Å²) in [6, 6.07) is 14.7. The SMILES string of the molecule is CCCCc1ccc(NC2(C)NN3C=CC(C)=NC3=C2c2ccc(OC)c(OC)c2)cc1. The molecule has 6 heteroatoms. The Balaban J connectivity index is 1.73. The van der Waals surface area contributed by atoms with Gasteiger partial charge in [0, 0.05) is 23.2 Å². The quantitative estimate of drug-likeness (QED) is 0.589. The lowest BCUT2D eigenvalue weighted by Gasteiger charge is -2.31. The Bertz CT molecular complexity index is 1070. The van der Waals surface area contributed by atoms with E-state index in [1.807, 2.05) is 42.4 Å². The van der Waals surface area contributed by atoms with E-state index < -0.39 is 5.66 Å². The third-order valence-corrected chi connectivity index (χ3v) is 5.88. The lowest BCUT2D eigenvalue weighted by atomic mass is 9.94. The van der Waals surface area contributed by atoms with Crippen molar-refractivity contribution >= 4 is 17.0 Å². The number of ether oxygens (including phenoxy) is 2. The first-order chi connectivity index (χ1) is 15.5. The molecule has 2 N–H and O–H groups in total. The van der Waals surface area contributed by atoms with Crippen LogP contribution >= 0.6 is 0 Å². The number of nitrogens with zero attached hydrogens (tertiary/aromatic N) is 2. The second-order valence-corrected chi connectivity index (χ2v) is 8.37. The van der Waals surface area contributed by atoms with Crippen LogP contribution in [-0.4, -0.2) is 30.6 Å². The van der Waals surface area contributed by atoms with Crippen LogP contribution in [-0.2, 0) is 6.42 Å². The fraction of sp³-hybridized carbons (Fsp3) is 0.346. The molecule has 0 fully saturated rings. The number of allylic oxidation sites excluding steroid dienone is 1. The molecule has 0 aliphatic carbocycles. The van der Waals surface area contributed by atoms with Crippen LogP contribution in [0.1, 0.15) is 44.7 Å². The normalized spacial score (nSPS) is 19.7. The highest BCUT2D eigenvalue weighted by Gasteiger charge is 2.42. The van der Waals surface area contributed by atoms with Crippen molar-refractivity contribution in [3.63, 3.8) is 0 Å². The van der Waals surface area contributed by atoms with E-state index in [0.29, 0.717) is 11.5 Å². The second kappa shape index (κ2) is 9.09. The molecule has 0 amide bonds. The highest BCUT2D eigenvalue weighted by molar-refractivity contribution is 5.96. The number of fused-ring (bicyclic) bond motifs is 1. The van der Waals surface area contributed by atoms with Crippen LogP contribution < -0.4 is 20.2 Å². The predicted octanol–water partition coefficient (Wildman–Crippen LogP) is 5.35. The Kier molecular flexibility index (Phi) is 6.24. The summed E-state index contributed by atoms with van der Waals surface area (Å²) in [5, 5.41) is 5.67. The molecule has 0 saturated carbocycles. The van der Waals surface area contributed by atoms with Crippen LogP contribution in [0, 0.1) is 0 Å². The van der Waals surface area contributed by atoms with E-state index in [1.165, 1.54) is 18.4 Å². The van der Waals surface area contributed by atoms with Crippen molar-refractivity contribution in [2.45, 2.75) is 45.7 Å². The number of aryl methyl sites for hydroxylation is 1. The molecule has 6 nitrogen and oxygen atoms in total. The van der Waals surface area contributed by atoms with Crippen LogP contribution in [0.15, 0.2) is 65.6 Å². The summed E-state index contributed by atoms with van der Waals surface area (Å²) in [5.74, 6) is 2.25. The Morgan fingerprint density at radius 3 is 2.50 bits per heavy atom. The smallest absolute Gasteiger partial charge is 0.161 e. The van der Waals surface area contributed by atoms with Crippen LogP contribution in [0.4, 0.5) is 5.69 Å². The maximum Gasteiger partial charge on any atom is 0.161 e. The van der Waals surface area contributed by atoms with Gasteiger partial charge in [-0.3, -0.25) is 5.01 Å². The van der Waals surface area contributed by atoms with Crippen LogP contribution in [0.5, 0.6) is 11.5 Å². The van der Waals surface area contributed by atoms with Gasteiger partial charge in [0.2, 0.25) is 0 Å². The van der Waals surface area contributed by atoms with E-state index in [4.69, 9.17) is 14.5 Å². The van der Waals surface area contributed by atoms with Gasteiger partial charge in [0.15, 0.2) is 17.3 Å². The summed E-state index contributed by atoms with van der Waals surface area (Å²) in [7, 11) is 3.30. The third kappa shape index (κ3) is 4.23. The number of hydrogen-bond donors (Lipinski definition) is 2. The van der Waals surface area contributed by atoms with E-state index in [-0.39, 0.29) is 0 Å². The first-order valence-electron chi connectivity index (χ1n) is 11.1. The molecule has 2 aromatic carbocycles. The minimum atomic E-state index is -0.585. The molecule has 0 radical (unpaired) electrons. The molecule has 4 rings (SSSR count). The number of benzene rings is 2. The third-order valence-electron chi connectivity index (χ3n) is 5.88. The molecule has 0 aromatic heterocycles. The molecule has 168 valence electrons. The zero-order chi connectivity index (χ0) is 22.7. The highest BCUT2D eigenvalue weighted by atomic mass is 16.5. The van der Waals surface area contributed by atoms with Crippen molar-refractivity contribution in [1.82, 2.24) is 10.4 Å². The van der Waals surface area contributed by atoms with Crippen molar-refractivity contribution in [3.8, 4) is 11.5 Å². The Hall–Kier alpha value is -3.25. The van der Waals surface area contributed by atoms with Gasteiger partial charge in [0.05, 0.1) is 14.2 Å².